The van der Waals surface area contributed by atoms with Crippen molar-refractivity contribution in [1.82, 2.24) is 9.97 Å². The third-order valence-corrected chi connectivity index (χ3v) is 4.55. The molecule has 0 spiro atoms. The highest BCUT2D eigenvalue weighted by molar-refractivity contribution is 6.30. The lowest BCUT2D eigenvalue weighted by molar-refractivity contribution is -0.115. The Balaban J connectivity index is 1.65. The highest BCUT2D eigenvalue weighted by Crippen LogP contribution is 2.24. The van der Waals surface area contributed by atoms with Crippen LogP contribution in [-0.2, 0) is 11.2 Å². The van der Waals surface area contributed by atoms with Crippen molar-refractivity contribution < 1.29 is 9.53 Å². The molecule has 1 aromatic heterocycles. The average Bonchev–Trinajstić information content (AvgIpc) is 2.69. The Labute approximate surface area is 181 Å². The average molecular weight is 426 g/mol. The van der Waals surface area contributed by atoms with Crippen LogP contribution in [0, 0.1) is 6.92 Å². The Hall–Kier alpha value is -3.32. The number of aromatic nitrogens is 2. The number of amides is 1. The van der Waals surface area contributed by atoms with Gasteiger partial charge in [0.2, 0.25) is 11.9 Å². The van der Waals surface area contributed by atoms with E-state index in [0.717, 1.165) is 22.8 Å². The predicted molar refractivity (Wildman–Crippen MR) is 121 cm³/mol. The summed E-state index contributed by atoms with van der Waals surface area (Å²) in [6.07, 6.45) is 0.161. The van der Waals surface area contributed by atoms with Gasteiger partial charge in [-0.2, -0.15) is 4.98 Å². The fraction of sp³-hybridized carbons (Fsp3) is 0.227. The van der Waals surface area contributed by atoms with Crippen molar-refractivity contribution in [2.75, 3.05) is 36.7 Å². The number of hydrogen-bond acceptors (Lipinski definition) is 6. The van der Waals surface area contributed by atoms with E-state index in [2.05, 4.69) is 20.6 Å². The summed E-state index contributed by atoms with van der Waals surface area (Å²) in [6, 6.07) is 14.5. The first kappa shape index (κ1) is 21.4. The van der Waals surface area contributed by atoms with Crippen molar-refractivity contribution in [2.45, 2.75) is 13.3 Å². The van der Waals surface area contributed by atoms with Gasteiger partial charge in [-0.25, -0.2) is 4.98 Å². The van der Waals surface area contributed by atoms with E-state index in [1.54, 1.807) is 25.3 Å². The van der Waals surface area contributed by atoms with Crippen LogP contribution in [0.25, 0.3) is 0 Å². The summed E-state index contributed by atoms with van der Waals surface area (Å²) in [4.78, 5) is 23.2. The quantitative estimate of drug-likeness (QED) is 0.582. The molecule has 3 aromatic rings. The number of aryl methyl sites for hydroxylation is 1. The first-order chi connectivity index (χ1) is 14.3. The van der Waals surface area contributed by atoms with Crippen LogP contribution >= 0.6 is 11.6 Å². The summed E-state index contributed by atoms with van der Waals surface area (Å²) in [5.41, 5.74) is 3.11. The molecular weight excluding hydrogens is 402 g/mol. The lowest BCUT2D eigenvalue weighted by Crippen LogP contribution is -2.15. The molecule has 0 fully saturated rings. The van der Waals surface area contributed by atoms with Gasteiger partial charge in [-0.3, -0.25) is 4.79 Å². The highest BCUT2D eigenvalue weighted by Gasteiger charge is 2.10. The zero-order valence-electron chi connectivity index (χ0n) is 17.4. The lowest BCUT2D eigenvalue weighted by atomic mass is 10.1. The number of rotatable bonds is 7. The van der Waals surface area contributed by atoms with Crippen molar-refractivity contribution in [3.63, 3.8) is 0 Å². The highest BCUT2D eigenvalue weighted by atomic mass is 35.5. The number of benzene rings is 2. The summed E-state index contributed by atoms with van der Waals surface area (Å²) in [5, 5.41) is 6.63. The van der Waals surface area contributed by atoms with Gasteiger partial charge < -0.3 is 20.3 Å². The Kier molecular flexibility index (Phi) is 6.74. The number of carbonyl (C=O) groups excluding carboxylic acids is 1. The fourth-order valence-corrected chi connectivity index (χ4v) is 3.06. The number of nitrogens with zero attached hydrogens (tertiary/aromatic N) is 3. The third kappa shape index (κ3) is 5.61. The number of hydrogen-bond donors (Lipinski definition) is 2. The summed E-state index contributed by atoms with van der Waals surface area (Å²) in [7, 11) is 5.43. The molecule has 0 saturated carbocycles. The van der Waals surface area contributed by atoms with E-state index in [-0.39, 0.29) is 12.3 Å². The second-order valence-electron chi connectivity index (χ2n) is 6.97. The Morgan fingerprint density at radius 3 is 2.43 bits per heavy atom. The molecule has 1 amide bonds. The lowest BCUT2D eigenvalue weighted by Gasteiger charge is -2.14. The third-order valence-electron chi connectivity index (χ3n) is 4.32. The molecule has 7 nitrogen and oxygen atoms in total. The SMILES string of the molecule is COc1ccc(Cl)cc1CC(=O)Nc1ccc(Nc2nc(C)cc(N(C)C)n2)cc1. The second kappa shape index (κ2) is 9.45. The van der Waals surface area contributed by atoms with Crippen LogP contribution < -0.4 is 20.3 Å². The molecule has 3 rings (SSSR count). The van der Waals surface area contributed by atoms with E-state index in [1.165, 1.54) is 0 Å². The van der Waals surface area contributed by atoms with Gasteiger partial charge >= 0.3 is 0 Å². The molecule has 0 atom stereocenters. The monoisotopic (exact) mass is 425 g/mol. The van der Waals surface area contributed by atoms with E-state index in [4.69, 9.17) is 16.3 Å². The maximum absolute atomic E-state index is 12.4. The molecule has 0 bridgehead atoms. The topological polar surface area (TPSA) is 79.4 Å². The van der Waals surface area contributed by atoms with Crippen LogP contribution in [0.3, 0.4) is 0 Å². The number of methoxy groups -OCH3 is 1. The number of anilines is 4. The van der Waals surface area contributed by atoms with Crippen LogP contribution in [0.15, 0.2) is 48.5 Å². The van der Waals surface area contributed by atoms with Gasteiger partial charge in [0.1, 0.15) is 11.6 Å². The summed E-state index contributed by atoms with van der Waals surface area (Å²) >= 11 is 6.03. The summed E-state index contributed by atoms with van der Waals surface area (Å²) < 4.78 is 5.29. The molecule has 2 aromatic carbocycles. The van der Waals surface area contributed by atoms with E-state index < -0.39 is 0 Å². The summed E-state index contributed by atoms with van der Waals surface area (Å²) in [6.45, 7) is 1.92. The zero-order valence-corrected chi connectivity index (χ0v) is 18.1. The van der Waals surface area contributed by atoms with Gasteiger partial charge in [-0.15, -0.1) is 0 Å². The van der Waals surface area contributed by atoms with Crippen LogP contribution in [0.1, 0.15) is 11.3 Å². The minimum Gasteiger partial charge on any atom is -0.496 e. The fourth-order valence-electron chi connectivity index (χ4n) is 2.87. The first-order valence-corrected chi connectivity index (χ1v) is 9.74. The molecule has 30 heavy (non-hydrogen) atoms. The van der Waals surface area contributed by atoms with Crippen LogP contribution in [-0.4, -0.2) is 37.1 Å². The summed E-state index contributed by atoms with van der Waals surface area (Å²) in [5.74, 6) is 1.81. The number of carbonyl (C=O) groups is 1. The minimum atomic E-state index is -0.158. The van der Waals surface area contributed by atoms with E-state index in [1.807, 2.05) is 56.3 Å². The first-order valence-electron chi connectivity index (χ1n) is 9.36. The molecule has 0 saturated heterocycles. The van der Waals surface area contributed by atoms with E-state index >= 15 is 0 Å². The second-order valence-corrected chi connectivity index (χ2v) is 7.41. The maximum Gasteiger partial charge on any atom is 0.229 e. The molecule has 0 unspecified atom stereocenters. The molecule has 1 heterocycles. The van der Waals surface area contributed by atoms with Gasteiger partial charge in [0.15, 0.2) is 0 Å². The van der Waals surface area contributed by atoms with Gasteiger partial charge in [0.05, 0.1) is 13.5 Å². The molecule has 0 aliphatic carbocycles. The smallest absolute Gasteiger partial charge is 0.229 e. The van der Waals surface area contributed by atoms with Gasteiger partial charge in [0, 0.05) is 47.8 Å². The predicted octanol–water partition coefficient (Wildman–Crippen LogP) is 4.44. The zero-order chi connectivity index (χ0) is 21.7. The molecule has 0 radical (unpaired) electrons. The molecule has 156 valence electrons. The normalized spacial score (nSPS) is 10.4. The van der Waals surface area contributed by atoms with Crippen LogP contribution in [0.2, 0.25) is 5.02 Å². The number of halogens is 1. The largest absolute Gasteiger partial charge is 0.496 e. The Morgan fingerprint density at radius 2 is 1.77 bits per heavy atom. The van der Waals surface area contributed by atoms with Crippen molar-refractivity contribution >= 4 is 40.6 Å². The van der Waals surface area contributed by atoms with Crippen molar-refractivity contribution in [3.8, 4) is 5.75 Å². The number of ether oxygens (including phenoxy) is 1. The van der Waals surface area contributed by atoms with Gasteiger partial charge in [-0.05, 0) is 49.4 Å². The standard InChI is InChI=1S/C22H24ClN5O2/c1-14-11-20(28(2)3)27-22(24-14)26-18-8-6-17(7-9-18)25-21(29)13-15-12-16(23)5-10-19(15)30-4/h5-12H,13H2,1-4H3,(H,25,29)(H,24,26,27). The van der Waals surface area contributed by atoms with Crippen LogP contribution in [0.5, 0.6) is 5.75 Å². The van der Waals surface area contributed by atoms with Crippen molar-refractivity contribution in [1.29, 1.82) is 0 Å². The van der Waals surface area contributed by atoms with E-state index in [9.17, 15) is 4.79 Å². The van der Waals surface area contributed by atoms with E-state index in [0.29, 0.717) is 22.4 Å². The van der Waals surface area contributed by atoms with Crippen molar-refractivity contribution in [2.24, 2.45) is 0 Å². The Morgan fingerprint density at radius 1 is 1.07 bits per heavy atom. The molecule has 0 aliphatic heterocycles. The molecule has 0 aliphatic rings. The van der Waals surface area contributed by atoms with Gasteiger partial charge in [-0.1, -0.05) is 11.6 Å². The van der Waals surface area contributed by atoms with Gasteiger partial charge in [0.25, 0.3) is 0 Å². The minimum absolute atomic E-state index is 0.158. The van der Waals surface area contributed by atoms with Crippen LogP contribution in [0.4, 0.5) is 23.1 Å². The molecule has 2 N–H and O–H groups in total. The Bertz CT molecular complexity index is 1040. The molecular formula is C22H24ClN5O2. The van der Waals surface area contributed by atoms with Crippen molar-refractivity contribution in [3.05, 3.63) is 64.8 Å². The maximum atomic E-state index is 12.4. The molecule has 8 heteroatoms. The number of nitrogens with one attached hydrogen (secondary N) is 2.